The van der Waals surface area contributed by atoms with Gasteiger partial charge in [0.05, 0.1) is 33.4 Å². The number of aliphatic hydroxyl groups is 1. The van der Waals surface area contributed by atoms with Gasteiger partial charge in [-0.25, -0.2) is 4.79 Å². The maximum atomic E-state index is 12.6. The lowest BCUT2D eigenvalue weighted by atomic mass is 9.93. The lowest BCUT2D eigenvalue weighted by Crippen LogP contribution is -2.61. The highest BCUT2D eigenvalue weighted by Crippen LogP contribution is 2.31. The molecule has 4 heterocycles. The first kappa shape index (κ1) is 19.9. The van der Waals surface area contributed by atoms with Gasteiger partial charge < -0.3 is 20.1 Å². The second-order valence-corrected chi connectivity index (χ2v) is 8.86. The van der Waals surface area contributed by atoms with E-state index in [-0.39, 0.29) is 18.0 Å². The monoisotopic (exact) mass is 458 g/mol. The molecular formula is C20H15ClN4O5S. The highest BCUT2D eigenvalue weighted by Gasteiger charge is 2.35. The standard InChI is InChI=1S/C20H15ClN4O5S/c21-16-4-3-15(31-16)14-6-10(24-30-14)8-25-12-2-1-9(19(27)18-13(26)7-22-18)5-11(12)17(23-25)20(28)29/h1-6,13,18,22,26H,7-8H2,(H,28,29). The van der Waals surface area contributed by atoms with Gasteiger partial charge in [-0.15, -0.1) is 11.3 Å². The Morgan fingerprint density at radius 3 is 2.77 bits per heavy atom. The summed E-state index contributed by atoms with van der Waals surface area (Å²) in [6.07, 6.45) is -0.746. The molecule has 4 aromatic rings. The fourth-order valence-electron chi connectivity index (χ4n) is 3.50. The fraction of sp³-hybridized carbons (Fsp3) is 0.200. The van der Waals surface area contributed by atoms with E-state index in [4.69, 9.17) is 16.1 Å². The highest BCUT2D eigenvalue weighted by atomic mass is 35.5. The Balaban J connectivity index is 1.48. The van der Waals surface area contributed by atoms with Crippen LogP contribution in [-0.4, -0.2) is 55.6 Å². The van der Waals surface area contributed by atoms with Crippen molar-refractivity contribution in [2.24, 2.45) is 0 Å². The smallest absolute Gasteiger partial charge is 0.357 e. The molecule has 0 aliphatic carbocycles. The zero-order valence-corrected chi connectivity index (χ0v) is 17.4. The molecule has 1 aromatic carbocycles. The van der Waals surface area contributed by atoms with Crippen LogP contribution >= 0.6 is 22.9 Å². The van der Waals surface area contributed by atoms with Gasteiger partial charge >= 0.3 is 5.97 Å². The van der Waals surface area contributed by atoms with E-state index >= 15 is 0 Å². The van der Waals surface area contributed by atoms with Crippen molar-refractivity contribution in [1.82, 2.24) is 20.3 Å². The topological polar surface area (TPSA) is 130 Å². The van der Waals surface area contributed by atoms with Crippen molar-refractivity contribution in [2.75, 3.05) is 6.54 Å². The molecule has 1 saturated heterocycles. The summed E-state index contributed by atoms with van der Waals surface area (Å²) in [5, 5.41) is 30.8. The van der Waals surface area contributed by atoms with E-state index in [0.29, 0.717) is 38.8 Å². The molecule has 0 bridgehead atoms. The van der Waals surface area contributed by atoms with Gasteiger partial charge in [0, 0.05) is 23.6 Å². The molecule has 2 atom stereocenters. The number of hydrogen-bond acceptors (Lipinski definition) is 8. The van der Waals surface area contributed by atoms with Gasteiger partial charge in [-0.1, -0.05) is 16.8 Å². The predicted molar refractivity (Wildman–Crippen MR) is 113 cm³/mol. The molecule has 31 heavy (non-hydrogen) atoms. The Kier molecular flexibility index (Phi) is 4.86. The molecule has 5 rings (SSSR count). The molecule has 1 aliphatic heterocycles. The van der Waals surface area contributed by atoms with Crippen molar-refractivity contribution >= 4 is 45.6 Å². The lowest BCUT2D eigenvalue weighted by molar-refractivity contribution is 0.0484. The molecule has 9 nitrogen and oxygen atoms in total. The summed E-state index contributed by atoms with van der Waals surface area (Å²) in [5.74, 6) is -0.939. The van der Waals surface area contributed by atoms with Crippen molar-refractivity contribution in [3.63, 3.8) is 0 Å². The van der Waals surface area contributed by atoms with E-state index < -0.39 is 18.1 Å². The van der Waals surface area contributed by atoms with Crippen molar-refractivity contribution in [3.8, 4) is 10.6 Å². The Morgan fingerprint density at radius 2 is 2.13 bits per heavy atom. The summed E-state index contributed by atoms with van der Waals surface area (Å²) in [6.45, 7) is 0.539. The van der Waals surface area contributed by atoms with Crippen LogP contribution in [0.4, 0.5) is 0 Å². The Bertz CT molecular complexity index is 1330. The van der Waals surface area contributed by atoms with Gasteiger partial charge in [0.1, 0.15) is 5.69 Å². The highest BCUT2D eigenvalue weighted by molar-refractivity contribution is 7.19. The zero-order valence-electron chi connectivity index (χ0n) is 15.8. The van der Waals surface area contributed by atoms with E-state index in [1.165, 1.54) is 22.1 Å². The minimum atomic E-state index is -1.20. The summed E-state index contributed by atoms with van der Waals surface area (Å²) in [5.41, 5.74) is 1.24. The Hall–Kier alpha value is -3.05. The van der Waals surface area contributed by atoms with Gasteiger partial charge in [-0.05, 0) is 30.3 Å². The predicted octanol–water partition coefficient (Wildman–Crippen LogP) is 2.67. The number of aromatic nitrogens is 3. The van der Waals surface area contributed by atoms with Crippen LogP contribution in [0.5, 0.6) is 0 Å². The fourth-order valence-corrected chi connectivity index (χ4v) is 4.49. The number of β-amino-alcohol motifs (C(OH)–C–C–N with tert-alkyl or cyclic N) is 1. The number of aromatic carboxylic acids is 1. The first-order chi connectivity index (χ1) is 14.9. The number of rotatable bonds is 6. The van der Waals surface area contributed by atoms with Crippen molar-refractivity contribution in [2.45, 2.75) is 18.7 Å². The first-order valence-corrected chi connectivity index (χ1v) is 10.5. The molecule has 158 valence electrons. The Labute approximate surface area is 183 Å². The van der Waals surface area contributed by atoms with Crippen LogP contribution in [0.1, 0.15) is 26.5 Å². The minimum absolute atomic E-state index is 0.166. The van der Waals surface area contributed by atoms with E-state index in [1.807, 2.05) is 6.07 Å². The first-order valence-electron chi connectivity index (χ1n) is 9.31. The molecule has 2 unspecified atom stereocenters. The zero-order chi connectivity index (χ0) is 21.7. The molecule has 0 spiro atoms. The van der Waals surface area contributed by atoms with E-state index in [0.717, 1.165) is 4.88 Å². The maximum Gasteiger partial charge on any atom is 0.357 e. The van der Waals surface area contributed by atoms with Gasteiger partial charge in [-0.3, -0.25) is 9.48 Å². The third-order valence-electron chi connectivity index (χ3n) is 5.14. The van der Waals surface area contributed by atoms with Crippen LogP contribution in [0.2, 0.25) is 4.34 Å². The van der Waals surface area contributed by atoms with Gasteiger partial charge in [-0.2, -0.15) is 5.10 Å². The summed E-state index contributed by atoms with van der Waals surface area (Å²) in [6, 6.07) is 9.41. The number of Topliss-reactive ketones (excluding diaryl/α,β-unsaturated/α-hetero) is 1. The van der Waals surface area contributed by atoms with Crippen molar-refractivity contribution < 1.29 is 24.3 Å². The number of hydrogen-bond donors (Lipinski definition) is 3. The van der Waals surface area contributed by atoms with Crippen LogP contribution in [0.3, 0.4) is 0 Å². The number of carbonyl (C=O) groups is 2. The number of halogens is 1. The van der Waals surface area contributed by atoms with Crippen LogP contribution in [0, 0.1) is 0 Å². The van der Waals surface area contributed by atoms with Crippen LogP contribution < -0.4 is 5.32 Å². The van der Waals surface area contributed by atoms with Crippen LogP contribution in [0.15, 0.2) is 40.9 Å². The number of nitrogens with zero attached hydrogens (tertiary/aromatic N) is 3. The summed E-state index contributed by atoms with van der Waals surface area (Å²) < 4.78 is 7.52. The van der Waals surface area contributed by atoms with Crippen molar-refractivity contribution in [3.05, 3.63) is 57.7 Å². The Morgan fingerprint density at radius 1 is 1.29 bits per heavy atom. The minimum Gasteiger partial charge on any atom is -0.476 e. The number of carboxylic acids is 1. The second kappa shape index (κ2) is 7.57. The third-order valence-corrected chi connectivity index (χ3v) is 6.38. The average molecular weight is 459 g/mol. The molecular weight excluding hydrogens is 444 g/mol. The summed E-state index contributed by atoms with van der Waals surface area (Å²) in [4.78, 5) is 25.1. The number of benzene rings is 1. The molecule has 1 fully saturated rings. The van der Waals surface area contributed by atoms with Gasteiger partial charge in [0.25, 0.3) is 0 Å². The molecule has 3 aromatic heterocycles. The number of thiophene rings is 1. The van der Waals surface area contributed by atoms with Crippen LogP contribution in [-0.2, 0) is 6.54 Å². The lowest BCUT2D eigenvalue weighted by Gasteiger charge is -2.32. The molecule has 0 radical (unpaired) electrons. The van der Waals surface area contributed by atoms with Gasteiger partial charge in [0.2, 0.25) is 0 Å². The van der Waals surface area contributed by atoms with Gasteiger partial charge in [0.15, 0.2) is 17.2 Å². The van der Waals surface area contributed by atoms with Crippen LogP contribution in [0.25, 0.3) is 21.5 Å². The van der Waals surface area contributed by atoms with Crippen molar-refractivity contribution in [1.29, 1.82) is 0 Å². The normalized spacial score (nSPS) is 18.3. The van der Waals surface area contributed by atoms with E-state index in [2.05, 4.69) is 15.6 Å². The molecule has 0 amide bonds. The maximum absolute atomic E-state index is 12.6. The number of fused-ring (bicyclic) bond motifs is 1. The summed E-state index contributed by atoms with van der Waals surface area (Å²) in [7, 11) is 0. The molecule has 3 N–H and O–H groups in total. The molecule has 1 aliphatic rings. The average Bonchev–Trinajstić information content (AvgIpc) is 3.45. The number of carboxylic acid groups (broad SMARTS) is 1. The SMILES string of the molecule is O=C(O)c1nn(Cc2cc(-c3ccc(Cl)s3)on2)c2ccc(C(=O)C3NCC3O)cc12. The molecule has 0 saturated carbocycles. The number of aliphatic hydroxyl groups excluding tert-OH is 1. The number of ketones is 1. The number of nitrogens with one attached hydrogen (secondary N) is 1. The summed E-state index contributed by atoms with van der Waals surface area (Å²) >= 11 is 7.33. The van der Waals surface area contributed by atoms with E-state index in [1.54, 1.807) is 24.3 Å². The second-order valence-electron chi connectivity index (χ2n) is 7.15. The largest absolute Gasteiger partial charge is 0.476 e. The quantitative estimate of drug-likeness (QED) is 0.376. The number of carbonyl (C=O) groups excluding carboxylic acids is 1. The third kappa shape index (κ3) is 3.53. The van der Waals surface area contributed by atoms with E-state index in [9.17, 15) is 19.8 Å². The molecule has 11 heteroatoms.